The van der Waals surface area contributed by atoms with Crippen molar-refractivity contribution < 1.29 is 0 Å². The third-order valence-electron chi connectivity index (χ3n) is 3.14. The van der Waals surface area contributed by atoms with Crippen LogP contribution in [0.1, 0.15) is 26.6 Å². The van der Waals surface area contributed by atoms with Gasteiger partial charge in [-0.05, 0) is 23.0 Å². The van der Waals surface area contributed by atoms with Gasteiger partial charge in [-0.1, -0.05) is 20.8 Å². The molecule has 106 valence electrons. The van der Waals surface area contributed by atoms with Crippen LogP contribution in [0.3, 0.4) is 0 Å². The average molecular weight is 328 g/mol. The van der Waals surface area contributed by atoms with Crippen LogP contribution in [0, 0.1) is 0 Å². The van der Waals surface area contributed by atoms with Crippen LogP contribution in [-0.4, -0.2) is 53.1 Å². The fourth-order valence-electron chi connectivity index (χ4n) is 1.89. The number of nitrogens with zero attached hydrogens (tertiary/aromatic N) is 4. The number of anilines is 1. The van der Waals surface area contributed by atoms with Gasteiger partial charge in [0.2, 0.25) is 0 Å². The summed E-state index contributed by atoms with van der Waals surface area (Å²) < 4.78 is 0.823. The maximum atomic E-state index is 4.61. The van der Waals surface area contributed by atoms with Gasteiger partial charge in [0.1, 0.15) is 16.2 Å². The molecule has 1 aromatic heterocycles. The van der Waals surface area contributed by atoms with Gasteiger partial charge in [0.15, 0.2) is 0 Å². The van der Waals surface area contributed by atoms with E-state index >= 15 is 0 Å². The number of hydrazine groups is 1. The molecule has 5 nitrogen and oxygen atoms in total. The lowest BCUT2D eigenvalue weighted by molar-refractivity contribution is 0.178. The van der Waals surface area contributed by atoms with E-state index in [4.69, 9.17) is 0 Å². The lowest BCUT2D eigenvalue weighted by Gasteiger charge is -2.32. The van der Waals surface area contributed by atoms with E-state index in [0.29, 0.717) is 0 Å². The molecule has 0 saturated carbocycles. The highest BCUT2D eigenvalue weighted by Gasteiger charge is 2.20. The zero-order valence-corrected chi connectivity index (χ0v) is 13.7. The summed E-state index contributed by atoms with van der Waals surface area (Å²) >= 11 is 3.46. The molecule has 1 aliphatic rings. The molecule has 0 aromatic carbocycles. The third kappa shape index (κ3) is 4.12. The van der Waals surface area contributed by atoms with Crippen LogP contribution in [-0.2, 0) is 5.41 Å². The molecular formula is C13H22BrN5. The zero-order valence-electron chi connectivity index (χ0n) is 12.1. The Morgan fingerprint density at radius 2 is 1.79 bits per heavy atom. The lowest BCUT2D eigenvalue weighted by atomic mass is 9.96. The predicted octanol–water partition coefficient (Wildman–Crippen LogP) is 2.11. The average Bonchev–Trinajstić information content (AvgIpc) is 2.30. The summed E-state index contributed by atoms with van der Waals surface area (Å²) in [6, 6.07) is 1.92. The Labute approximate surface area is 123 Å². The summed E-state index contributed by atoms with van der Waals surface area (Å²) in [6.07, 6.45) is 0. The highest BCUT2D eigenvalue weighted by Crippen LogP contribution is 2.22. The molecule has 0 amide bonds. The second kappa shape index (κ2) is 5.73. The molecule has 19 heavy (non-hydrogen) atoms. The van der Waals surface area contributed by atoms with E-state index in [1.807, 2.05) is 6.07 Å². The molecule has 0 bridgehead atoms. The first-order valence-electron chi connectivity index (χ1n) is 6.60. The molecule has 1 saturated heterocycles. The van der Waals surface area contributed by atoms with E-state index in [0.717, 1.165) is 42.4 Å². The van der Waals surface area contributed by atoms with Gasteiger partial charge in [0.05, 0.1) is 0 Å². The molecule has 1 aromatic rings. The molecule has 1 N–H and O–H groups in total. The monoisotopic (exact) mass is 327 g/mol. The number of rotatable bonds is 2. The maximum Gasteiger partial charge on any atom is 0.145 e. The minimum atomic E-state index is -0.0532. The van der Waals surface area contributed by atoms with Gasteiger partial charge in [-0.3, -0.25) is 0 Å². The number of nitrogens with one attached hydrogen (secondary N) is 1. The van der Waals surface area contributed by atoms with Crippen molar-refractivity contribution in [2.75, 3.05) is 38.7 Å². The minimum absolute atomic E-state index is 0.0532. The Hall–Kier alpha value is -0.720. The van der Waals surface area contributed by atoms with Gasteiger partial charge in [-0.25, -0.2) is 15.0 Å². The molecule has 0 unspecified atom stereocenters. The quantitative estimate of drug-likeness (QED) is 0.843. The topological polar surface area (TPSA) is 44.3 Å². The number of hydrogen-bond acceptors (Lipinski definition) is 5. The maximum absolute atomic E-state index is 4.61. The summed E-state index contributed by atoms with van der Waals surface area (Å²) in [6.45, 7) is 10.5. The van der Waals surface area contributed by atoms with E-state index in [-0.39, 0.29) is 5.41 Å². The van der Waals surface area contributed by atoms with Crippen LogP contribution in [0.25, 0.3) is 0 Å². The van der Waals surface area contributed by atoms with Gasteiger partial charge in [0, 0.05) is 37.7 Å². The summed E-state index contributed by atoms with van der Waals surface area (Å²) in [5.74, 6) is 1.70. The van der Waals surface area contributed by atoms with Crippen molar-refractivity contribution in [3.05, 3.63) is 16.5 Å². The fraction of sp³-hybridized carbons (Fsp3) is 0.692. The molecule has 0 aliphatic carbocycles. The van der Waals surface area contributed by atoms with E-state index < -0.39 is 0 Å². The van der Waals surface area contributed by atoms with Gasteiger partial charge < -0.3 is 10.3 Å². The van der Waals surface area contributed by atoms with Crippen molar-refractivity contribution in [1.82, 2.24) is 19.9 Å². The van der Waals surface area contributed by atoms with Gasteiger partial charge in [0.25, 0.3) is 0 Å². The van der Waals surface area contributed by atoms with Crippen LogP contribution in [0.2, 0.25) is 0 Å². The van der Waals surface area contributed by atoms with Crippen molar-refractivity contribution in [2.24, 2.45) is 0 Å². The predicted molar refractivity (Wildman–Crippen MR) is 81.1 cm³/mol. The second-order valence-corrected chi connectivity index (χ2v) is 6.86. The Morgan fingerprint density at radius 1 is 1.16 bits per heavy atom. The standard InChI is InChI=1S/C13H22BrN5/c1-13(2,3)12-15-10(14)9-11(16-12)17-19-7-5-18(4)6-8-19/h9H,5-8H2,1-4H3,(H,15,16,17). The van der Waals surface area contributed by atoms with Crippen LogP contribution < -0.4 is 5.43 Å². The summed E-state index contributed by atoms with van der Waals surface area (Å²) in [5, 5.41) is 2.21. The Morgan fingerprint density at radius 3 is 2.37 bits per heavy atom. The Balaban J connectivity index is 2.10. The molecule has 1 fully saturated rings. The highest BCUT2D eigenvalue weighted by atomic mass is 79.9. The first-order valence-corrected chi connectivity index (χ1v) is 7.39. The van der Waals surface area contributed by atoms with Crippen molar-refractivity contribution in [2.45, 2.75) is 26.2 Å². The second-order valence-electron chi connectivity index (χ2n) is 6.05. The van der Waals surface area contributed by atoms with Gasteiger partial charge >= 0.3 is 0 Å². The fourth-order valence-corrected chi connectivity index (χ4v) is 2.28. The van der Waals surface area contributed by atoms with Crippen molar-refractivity contribution in [3.63, 3.8) is 0 Å². The lowest BCUT2D eigenvalue weighted by Crippen LogP contribution is -2.47. The molecule has 2 rings (SSSR count). The molecular weight excluding hydrogens is 306 g/mol. The van der Waals surface area contributed by atoms with Crippen LogP contribution in [0.15, 0.2) is 10.7 Å². The zero-order chi connectivity index (χ0) is 14.0. The van der Waals surface area contributed by atoms with Crippen molar-refractivity contribution >= 4 is 21.7 Å². The first-order chi connectivity index (χ1) is 8.84. The third-order valence-corrected chi connectivity index (χ3v) is 3.55. The molecule has 0 radical (unpaired) electrons. The van der Waals surface area contributed by atoms with Gasteiger partial charge in [-0.2, -0.15) is 0 Å². The number of likely N-dealkylation sites (N-methyl/N-ethyl adjacent to an activating group) is 1. The number of piperazine rings is 1. The number of hydrogen-bond donors (Lipinski definition) is 1. The normalized spacial score (nSPS) is 18.6. The summed E-state index contributed by atoms with van der Waals surface area (Å²) in [5.41, 5.74) is 3.33. The molecule has 2 heterocycles. The largest absolute Gasteiger partial charge is 0.304 e. The van der Waals surface area contributed by atoms with Crippen LogP contribution in [0.5, 0.6) is 0 Å². The first kappa shape index (κ1) is 14.7. The van der Waals surface area contributed by atoms with Crippen molar-refractivity contribution in [1.29, 1.82) is 0 Å². The molecule has 6 heteroatoms. The van der Waals surface area contributed by atoms with Crippen molar-refractivity contribution in [3.8, 4) is 0 Å². The van der Waals surface area contributed by atoms with E-state index in [9.17, 15) is 0 Å². The molecule has 0 atom stereocenters. The van der Waals surface area contributed by atoms with Crippen LogP contribution in [0.4, 0.5) is 5.82 Å². The highest BCUT2D eigenvalue weighted by molar-refractivity contribution is 9.10. The smallest absolute Gasteiger partial charge is 0.145 e. The van der Waals surface area contributed by atoms with E-state index in [1.54, 1.807) is 0 Å². The molecule has 1 aliphatic heterocycles. The molecule has 0 spiro atoms. The van der Waals surface area contributed by atoms with E-state index in [2.05, 4.69) is 69.1 Å². The van der Waals surface area contributed by atoms with Crippen LogP contribution >= 0.6 is 15.9 Å². The summed E-state index contributed by atoms with van der Waals surface area (Å²) in [4.78, 5) is 11.4. The Kier molecular flexibility index (Phi) is 4.43. The van der Waals surface area contributed by atoms with E-state index in [1.165, 1.54) is 0 Å². The Bertz CT molecular complexity index is 435. The number of halogens is 1. The van der Waals surface area contributed by atoms with Gasteiger partial charge in [-0.15, -0.1) is 0 Å². The summed E-state index contributed by atoms with van der Waals surface area (Å²) in [7, 11) is 2.15. The minimum Gasteiger partial charge on any atom is -0.304 e. The number of aromatic nitrogens is 2. The SMILES string of the molecule is CN1CCN(Nc2cc(Br)nc(C(C)(C)C)n2)CC1.